The Hall–Kier alpha value is -1.63. The molecule has 2 heterocycles. The largest absolute Gasteiger partial charge is 0.402 e. The van der Waals surface area contributed by atoms with Crippen LogP contribution in [0, 0.1) is 17.8 Å². The van der Waals surface area contributed by atoms with Crippen LogP contribution in [0.4, 0.5) is 26.3 Å². The molecular formula is C26H33F6N3O2S. The van der Waals surface area contributed by atoms with Gasteiger partial charge in [0.1, 0.15) is 6.54 Å². The molecule has 3 fully saturated rings. The predicted molar refractivity (Wildman–Crippen MR) is 131 cm³/mol. The van der Waals surface area contributed by atoms with Gasteiger partial charge in [-0.1, -0.05) is 29.8 Å². The zero-order valence-corrected chi connectivity index (χ0v) is 22.0. The molecule has 2 aliphatic heterocycles. The van der Waals surface area contributed by atoms with Crippen LogP contribution < -0.4 is 4.72 Å². The summed E-state index contributed by atoms with van der Waals surface area (Å²) in [4.78, 5) is 2.04. The Morgan fingerprint density at radius 1 is 1.03 bits per heavy atom. The van der Waals surface area contributed by atoms with Crippen LogP contribution in [-0.2, 0) is 23.1 Å². The lowest BCUT2D eigenvalue weighted by molar-refractivity contribution is -0.184. The summed E-state index contributed by atoms with van der Waals surface area (Å²) >= 11 is 0. The fraction of sp³-hybridized carbons (Fsp3) is 0.692. The minimum Gasteiger partial charge on any atom is -0.299 e. The van der Waals surface area contributed by atoms with E-state index in [9.17, 15) is 34.8 Å². The number of benzene rings is 1. The molecule has 2 bridgehead atoms. The lowest BCUT2D eigenvalue weighted by atomic mass is 9.79. The number of nitrogens with zero attached hydrogens (tertiary/aromatic N) is 2. The third-order valence-corrected chi connectivity index (χ3v) is 10.4. The molecule has 1 saturated carbocycles. The maximum Gasteiger partial charge on any atom is 0.402 e. The van der Waals surface area contributed by atoms with Crippen molar-refractivity contribution in [3.05, 3.63) is 40.5 Å². The monoisotopic (exact) mass is 565 g/mol. The summed E-state index contributed by atoms with van der Waals surface area (Å²) in [5.41, 5.74) is 3.27. The smallest absolute Gasteiger partial charge is 0.299 e. The second-order valence-electron chi connectivity index (χ2n) is 11.5. The Bertz CT molecular complexity index is 1190. The van der Waals surface area contributed by atoms with Gasteiger partial charge in [-0.3, -0.25) is 4.90 Å². The Kier molecular flexibility index (Phi) is 7.18. The number of piperidine rings is 1. The first kappa shape index (κ1) is 27.9. The van der Waals surface area contributed by atoms with Gasteiger partial charge >= 0.3 is 12.4 Å². The molecule has 0 radical (unpaired) electrons. The van der Waals surface area contributed by atoms with Crippen molar-refractivity contribution in [1.82, 2.24) is 13.9 Å². The van der Waals surface area contributed by atoms with Crippen molar-refractivity contribution in [2.45, 2.75) is 63.3 Å². The molecule has 1 aromatic carbocycles. The fourth-order valence-electron chi connectivity index (χ4n) is 7.06. The summed E-state index contributed by atoms with van der Waals surface area (Å²) in [6.45, 7) is 1.71. The van der Waals surface area contributed by atoms with Gasteiger partial charge in [-0.05, 0) is 87.1 Å². The summed E-state index contributed by atoms with van der Waals surface area (Å²) in [7, 11) is -4.22. The Morgan fingerprint density at radius 2 is 1.66 bits per heavy atom. The lowest BCUT2D eigenvalue weighted by Gasteiger charge is -2.33. The first-order valence-corrected chi connectivity index (χ1v) is 14.5. The molecule has 0 unspecified atom stereocenters. The third-order valence-electron chi connectivity index (χ3n) is 8.87. The van der Waals surface area contributed by atoms with Crippen molar-refractivity contribution in [2.24, 2.45) is 17.8 Å². The first-order chi connectivity index (χ1) is 17.6. The molecule has 38 heavy (non-hydrogen) atoms. The van der Waals surface area contributed by atoms with Crippen LogP contribution >= 0.6 is 0 Å². The van der Waals surface area contributed by atoms with E-state index in [1.54, 1.807) is 0 Å². The van der Waals surface area contributed by atoms with Gasteiger partial charge in [0, 0.05) is 13.1 Å². The molecule has 12 heteroatoms. The highest BCUT2D eigenvalue weighted by molar-refractivity contribution is 7.87. The van der Waals surface area contributed by atoms with E-state index in [4.69, 9.17) is 0 Å². The Morgan fingerprint density at radius 3 is 2.26 bits per heavy atom. The molecule has 5 rings (SSSR count). The molecule has 1 N–H and O–H groups in total. The third kappa shape index (κ3) is 5.64. The number of likely N-dealkylation sites (tertiary alicyclic amines) is 1. The number of hydrogen-bond acceptors (Lipinski definition) is 3. The van der Waals surface area contributed by atoms with Crippen LogP contribution in [0.5, 0.6) is 0 Å². The quantitative estimate of drug-likeness (QED) is 0.527. The van der Waals surface area contributed by atoms with E-state index in [0.717, 1.165) is 35.1 Å². The van der Waals surface area contributed by atoms with Crippen LogP contribution in [0.2, 0.25) is 0 Å². The van der Waals surface area contributed by atoms with Gasteiger partial charge in [-0.25, -0.2) is 0 Å². The molecule has 4 aliphatic rings. The number of alkyl halides is 6. The highest BCUT2D eigenvalue weighted by atomic mass is 32.2. The molecule has 212 valence electrons. The second-order valence-corrected chi connectivity index (χ2v) is 13.2. The van der Waals surface area contributed by atoms with Crippen molar-refractivity contribution in [2.75, 3.05) is 32.7 Å². The Labute approximate surface area is 219 Å². The van der Waals surface area contributed by atoms with E-state index < -0.39 is 40.6 Å². The molecule has 0 amide bonds. The van der Waals surface area contributed by atoms with E-state index in [1.807, 2.05) is 30.0 Å². The number of rotatable bonds is 4. The minimum absolute atomic E-state index is 0.0792. The van der Waals surface area contributed by atoms with E-state index in [2.05, 4.69) is 10.8 Å². The number of nitrogens with one attached hydrogen (secondary N) is 1. The van der Waals surface area contributed by atoms with Crippen molar-refractivity contribution in [3.8, 4) is 0 Å². The van der Waals surface area contributed by atoms with E-state index in [1.165, 1.54) is 0 Å². The number of fused-ring (bicyclic) bond motifs is 1. The maximum absolute atomic E-state index is 13.1. The lowest BCUT2D eigenvalue weighted by Crippen LogP contribution is -2.52. The summed E-state index contributed by atoms with van der Waals surface area (Å²) in [5, 5.41) is 0. The first-order valence-electron chi connectivity index (χ1n) is 13.1. The maximum atomic E-state index is 13.1. The summed E-state index contributed by atoms with van der Waals surface area (Å²) in [5.74, 6) is -1.40. The van der Waals surface area contributed by atoms with Crippen LogP contribution in [0.1, 0.15) is 49.3 Å². The topological polar surface area (TPSA) is 52.7 Å². The molecule has 1 aromatic rings. The van der Waals surface area contributed by atoms with Crippen molar-refractivity contribution in [3.63, 3.8) is 0 Å². The zero-order chi connectivity index (χ0) is 27.5. The van der Waals surface area contributed by atoms with Crippen molar-refractivity contribution >= 4 is 16.3 Å². The predicted octanol–water partition coefficient (Wildman–Crippen LogP) is 4.94. The summed E-state index contributed by atoms with van der Waals surface area (Å²) in [6.07, 6.45) is -3.79. The molecule has 2 saturated heterocycles. The van der Waals surface area contributed by atoms with Gasteiger partial charge in [0.2, 0.25) is 0 Å². The number of hydrogen-bond donors (Lipinski definition) is 1. The van der Waals surface area contributed by atoms with Crippen LogP contribution in [0.15, 0.2) is 23.8 Å². The molecule has 2 aliphatic carbocycles. The minimum atomic E-state index is -4.61. The summed E-state index contributed by atoms with van der Waals surface area (Å²) < 4.78 is 107. The van der Waals surface area contributed by atoms with E-state index >= 15 is 0 Å². The Balaban J connectivity index is 1.29. The van der Waals surface area contributed by atoms with Gasteiger partial charge in [0.15, 0.2) is 0 Å². The number of halogens is 6. The average molecular weight is 566 g/mol. The van der Waals surface area contributed by atoms with E-state index in [-0.39, 0.29) is 31.2 Å². The highest BCUT2D eigenvalue weighted by Crippen LogP contribution is 2.50. The van der Waals surface area contributed by atoms with Gasteiger partial charge in [-0.2, -0.15) is 43.8 Å². The highest BCUT2D eigenvalue weighted by Gasteiger charge is 2.60. The molecule has 1 spiro atoms. The van der Waals surface area contributed by atoms with Crippen LogP contribution in [-0.4, -0.2) is 68.2 Å². The molecular weight excluding hydrogens is 532 g/mol. The fourth-order valence-corrected chi connectivity index (χ4v) is 8.76. The van der Waals surface area contributed by atoms with Crippen LogP contribution in [0.3, 0.4) is 0 Å². The van der Waals surface area contributed by atoms with Crippen molar-refractivity contribution in [1.29, 1.82) is 0 Å². The normalized spacial score (nSPS) is 31.1. The molecule has 3 atom stereocenters. The SMILES string of the molecule is C/C(=C\c1ccc2c(c1)C[C@@H]1CC[C@H](C2)[C@]12CN(CC(F)(F)F)S(=O)(=O)N2)CN1CCC(C(F)(F)F)CC1. The standard InChI is InChI=1S/C26H33F6N3O2S/c1-17(14-34-8-6-21(7-9-34)26(30,31)32)10-18-2-3-19-12-22-4-5-23(13-20(19)11-18)24(22)15-35(16-25(27,28)29)38(36,37)33-24/h2-3,10-11,21-23,33H,4-9,12-16H2,1H3/b17-10+/t22-,23+,24-/m1/s1. The van der Waals surface area contributed by atoms with Gasteiger partial charge in [-0.15, -0.1) is 0 Å². The van der Waals surface area contributed by atoms with Gasteiger partial charge in [0.05, 0.1) is 11.5 Å². The van der Waals surface area contributed by atoms with Crippen LogP contribution in [0.25, 0.3) is 6.08 Å². The summed E-state index contributed by atoms with van der Waals surface area (Å²) in [6, 6.07) is 6.08. The zero-order valence-electron chi connectivity index (χ0n) is 21.2. The van der Waals surface area contributed by atoms with Gasteiger partial charge < -0.3 is 0 Å². The molecule has 5 nitrogen and oxygen atoms in total. The van der Waals surface area contributed by atoms with Gasteiger partial charge in [0.25, 0.3) is 10.2 Å². The van der Waals surface area contributed by atoms with Crippen molar-refractivity contribution < 1.29 is 34.8 Å². The molecule has 0 aromatic heterocycles. The average Bonchev–Trinajstić information content (AvgIpc) is 3.17. The van der Waals surface area contributed by atoms with E-state index in [0.29, 0.717) is 36.8 Å². The second kappa shape index (κ2) is 9.78.